The summed E-state index contributed by atoms with van der Waals surface area (Å²) >= 11 is 0. The van der Waals surface area contributed by atoms with Crippen molar-refractivity contribution >= 4 is 11.4 Å². The van der Waals surface area contributed by atoms with Crippen molar-refractivity contribution in [1.29, 1.82) is 0 Å². The van der Waals surface area contributed by atoms with Gasteiger partial charge in [-0.15, -0.1) is 0 Å². The van der Waals surface area contributed by atoms with Crippen LogP contribution in [0.3, 0.4) is 0 Å². The van der Waals surface area contributed by atoms with E-state index in [9.17, 15) is 10.1 Å². The number of nitrogens with zero attached hydrogens (tertiary/aromatic N) is 2. The van der Waals surface area contributed by atoms with E-state index in [-0.39, 0.29) is 10.6 Å². The fraction of sp³-hybridized carbons (Fsp3) is 0.500. The second-order valence-electron chi connectivity index (χ2n) is 4.36. The van der Waals surface area contributed by atoms with Crippen LogP contribution in [0.25, 0.3) is 0 Å². The van der Waals surface area contributed by atoms with E-state index in [0.717, 1.165) is 25.1 Å². The number of non-ortho nitro benzene ring substituents is 1. The maximum Gasteiger partial charge on any atom is 0.271 e. The molecule has 0 spiro atoms. The molecule has 1 fully saturated rings. The fourth-order valence-corrected chi connectivity index (χ4v) is 2.37. The Bertz CT molecular complexity index is 408. The molecule has 5 heteroatoms. The van der Waals surface area contributed by atoms with Crippen molar-refractivity contribution in [3.8, 4) is 0 Å². The third kappa shape index (κ3) is 2.55. The molecule has 17 heavy (non-hydrogen) atoms. The van der Waals surface area contributed by atoms with Crippen molar-refractivity contribution < 1.29 is 4.92 Å². The molecule has 1 heterocycles. The Morgan fingerprint density at radius 3 is 3.00 bits per heavy atom. The van der Waals surface area contributed by atoms with Gasteiger partial charge in [0.05, 0.1) is 4.92 Å². The van der Waals surface area contributed by atoms with Gasteiger partial charge in [0.15, 0.2) is 0 Å². The fourth-order valence-electron chi connectivity index (χ4n) is 2.37. The molecule has 1 unspecified atom stereocenters. The zero-order chi connectivity index (χ0) is 12.3. The lowest BCUT2D eigenvalue weighted by Gasteiger charge is -2.36. The summed E-state index contributed by atoms with van der Waals surface area (Å²) in [6.07, 6.45) is 3.38. The minimum absolute atomic E-state index is 0.142. The smallest absolute Gasteiger partial charge is 0.271 e. The Balaban J connectivity index is 2.25. The number of nitro groups is 1. The zero-order valence-electron chi connectivity index (χ0n) is 9.71. The number of nitrogens with two attached hydrogens (primary N) is 1. The first kappa shape index (κ1) is 11.9. The Labute approximate surface area is 100 Å². The van der Waals surface area contributed by atoms with Crippen molar-refractivity contribution in [3.63, 3.8) is 0 Å². The summed E-state index contributed by atoms with van der Waals surface area (Å²) in [7, 11) is 0. The Hall–Kier alpha value is -1.62. The molecule has 0 radical (unpaired) electrons. The van der Waals surface area contributed by atoms with E-state index in [2.05, 4.69) is 4.90 Å². The van der Waals surface area contributed by atoms with E-state index in [0.29, 0.717) is 12.6 Å². The number of hydrogen-bond donors (Lipinski definition) is 1. The molecule has 2 rings (SSSR count). The van der Waals surface area contributed by atoms with Crippen LogP contribution in [0.15, 0.2) is 24.3 Å². The third-order valence-electron chi connectivity index (χ3n) is 3.27. The first-order valence-electron chi connectivity index (χ1n) is 5.93. The normalized spacial score (nSPS) is 20.3. The number of nitro benzene ring substituents is 1. The van der Waals surface area contributed by atoms with Gasteiger partial charge in [0.1, 0.15) is 0 Å². The summed E-state index contributed by atoms with van der Waals surface area (Å²) in [6, 6.07) is 7.11. The molecule has 2 N–H and O–H groups in total. The van der Waals surface area contributed by atoms with E-state index in [4.69, 9.17) is 5.73 Å². The highest BCUT2D eigenvalue weighted by Crippen LogP contribution is 2.27. The predicted octanol–water partition coefficient (Wildman–Crippen LogP) is 1.91. The van der Waals surface area contributed by atoms with Crippen LogP contribution in [0, 0.1) is 10.1 Å². The van der Waals surface area contributed by atoms with Gasteiger partial charge >= 0.3 is 0 Å². The lowest BCUT2D eigenvalue weighted by atomic mass is 10.0. The van der Waals surface area contributed by atoms with Gasteiger partial charge in [0.25, 0.3) is 5.69 Å². The highest BCUT2D eigenvalue weighted by Gasteiger charge is 2.22. The summed E-state index contributed by atoms with van der Waals surface area (Å²) in [6.45, 7) is 1.53. The van der Waals surface area contributed by atoms with Crippen LogP contribution in [0.5, 0.6) is 0 Å². The molecular formula is C12H17N3O2. The van der Waals surface area contributed by atoms with Gasteiger partial charge in [0.2, 0.25) is 0 Å². The molecule has 92 valence electrons. The molecule has 1 aliphatic heterocycles. The molecular weight excluding hydrogens is 218 g/mol. The van der Waals surface area contributed by atoms with Crippen LogP contribution in [0.4, 0.5) is 11.4 Å². The molecule has 1 saturated heterocycles. The molecule has 1 aromatic rings. The minimum Gasteiger partial charge on any atom is -0.367 e. The monoisotopic (exact) mass is 235 g/mol. The maximum atomic E-state index is 10.7. The van der Waals surface area contributed by atoms with Gasteiger partial charge < -0.3 is 10.6 Å². The molecule has 0 bridgehead atoms. The quantitative estimate of drug-likeness (QED) is 0.641. The Morgan fingerprint density at radius 1 is 1.47 bits per heavy atom. The molecule has 1 atom stereocenters. The lowest BCUT2D eigenvalue weighted by Crippen LogP contribution is -2.44. The van der Waals surface area contributed by atoms with Crippen LogP contribution in [-0.2, 0) is 0 Å². The second kappa shape index (κ2) is 5.14. The molecule has 0 amide bonds. The topological polar surface area (TPSA) is 72.4 Å². The van der Waals surface area contributed by atoms with Gasteiger partial charge in [-0.3, -0.25) is 10.1 Å². The summed E-state index contributed by atoms with van der Waals surface area (Å²) < 4.78 is 0. The first-order valence-corrected chi connectivity index (χ1v) is 5.93. The average molecular weight is 235 g/mol. The van der Waals surface area contributed by atoms with Crippen molar-refractivity contribution in [2.45, 2.75) is 25.3 Å². The van der Waals surface area contributed by atoms with Crippen molar-refractivity contribution in [2.24, 2.45) is 5.73 Å². The summed E-state index contributed by atoms with van der Waals surface area (Å²) in [5, 5.41) is 10.7. The molecule has 0 aliphatic carbocycles. The predicted molar refractivity (Wildman–Crippen MR) is 67.1 cm³/mol. The third-order valence-corrected chi connectivity index (χ3v) is 3.27. The number of hydrogen-bond acceptors (Lipinski definition) is 4. The number of piperidine rings is 1. The number of benzene rings is 1. The second-order valence-corrected chi connectivity index (χ2v) is 4.36. The molecule has 1 aliphatic rings. The van der Waals surface area contributed by atoms with Crippen molar-refractivity contribution in [1.82, 2.24) is 0 Å². The summed E-state index contributed by atoms with van der Waals surface area (Å²) in [5.74, 6) is 0. The van der Waals surface area contributed by atoms with Gasteiger partial charge in [0, 0.05) is 37.0 Å². The zero-order valence-corrected chi connectivity index (χ0v) is 9.71. The van der Waals surface area contributed by atoms with Crippen LogP contribution in [-0.4, -0.2) is 24.1 Å². The number of anilines is 1. The van der Waals surface area contributed by atoms with E-state index in [1.807, 2.05) is 6.07 Å². The van der Waals surface area contributed by atoms with Gasteiger partial charge in [-0.05, 0) is 25.3 Å². The standard InChI is InChI=1S/C12H17N3O2/c13-9-12-4-1-2-7-14(12)10-5-3-6-11(8-10)15(16)17/h3,5-6,8,12H,1-2,4,7,9,13H2. The van der Waals surface area contributed by atoms with Gasteiger partial charge in [-0.1, -0.05) is 6.07 Å². The number of rotatable bonds is 3. The van der Waals surface area contributed by atoms with Crippen LogP contribution in [0.1, 0.15) is 19.3 Å². The highest BCUT2D eigenvalue weighted by molar-refractivity contribution is 5.54. The Morgan fingerprint density at radius 2 is 2.29 bits per heavy atom. The highest BCUT2D eigenvalue weighted by atomic mass is 16.6. The molecule has 0 aromatic heterocycles. The van der Waals surface area contributed by atoms with E-state index in [1.165, 1.54) is 12.5 Å². The van der Waals surface area contributed by atoms with Gasteiger partial charge in [-0.2, -0.15) is 0 Å². The lowest BCUT2D eigenvalue weighted by molar-refractivity contribution is -0.384. The van der Waals surface area contributed by atoms with Gasteiger partial charge in [-0.25, -0.2) is 0 Å². The molecule has 1 aromatic carbocycles. The maximum absolute atomic E-state index is 10.7. The van der Waals surface area contributed by atoms with Crippen molar-refractivity contribution in [2.75, 3.05) is 18.0 Å². The Kier molecular flexibility index (Phi) is 3.58. The molecule has 5 nitrogen and oxygen atoms in total. The van der Waals surface area contributed by atoms with Crippen LogP contribution < -0.4 is 10.6 Å². The molecule has 0 saturated carbocycles. The van der Waals surface area contributed by atoms with Crippen LogP contribution >= 0.6 is 0 Å². The summed E-state index contributed by atoms with van der Waals surface area (Å²) in [4.78, 5) is 12.6. The summed E-state index contributed by atoms with van der Waals surface area (Å²) in [5.41, 5.74) is 6.81. The van der Waals surface area contributed by atoms with Crippen molar-refractivity contribution in [3.05, 3.63) is 34.4 Å². The van der Waals surface area contributed by atoms with E-state index >= 15 is 0 Å². The largest absolute Gasteiger partial charge is 0.367 e. The first-order chi connectivity index (χ1) is 8.22. The SMILES string of the molecule is NCC1CCCCN1c1cccc([N+](=O)[O-])c1. The average Bonchev–Trinajstić information content (AvgIpc) is 2.39. The minimum atomic E-state index is -0.356. The van der Waals surface area contributed by atoms with E-state index < -0.39 is 0 Å². The van der Waals surface area contributed by atoms with Crippen LogP contribution in [0.2, 0.25) is 0 Å². The van der Waals surface area contributed by atoms with E-state index in [1.54, 1.807) is 12.1 Å².